The van der Waals surface area contributed by atoms with Crippen LogP contribution in [0.25, 0.3) is 0 Å². The van der Waals surface area contributed by atoms with Gasteiger partial charge in [0.1, 0.15) is 0 Å². The number of rotatable bonds is 5. The quantitative estimate of drug-likeness (QED) is 0.883. The fourth-order valence-electron chi connectivity index (χ4n) is 1.49. The molecule has 0 bridgehead atoms. The van der Waals surface area contributed by atoms with E-state index in [1.807, 2.05) is 13.8 Å². The Kier molecular flexibility index (Phi) is 4.90. The molecule has 0 aliphatic rings. The summed E-state index contributed by atoms with van der Waals surface area (Å²) in [6, 6.07) is 6.67. The highest BCUT2D eigenvalue weighted by Gasteiger charge is 2.17. The molecule has 0 spiro atoms. The number of hydrogen-bond acceptors (Lipinski definition) is 3. The van der Waals surface area contributed by atoms with Gasteiger partial charge in [-0.05, 0) is 30.0 Å². The van der Waals surface area contributed by atoms with Crippen molar-refractivity contribution in [3.05, 3.63) is 29.8 Å². The normalized spacial score (nSPS) is 14.2. The van der Waals surface area contributed by atoms with Crippen molar-refractivity contribution in [3.8, 4) is 0 Å². The van der Waals surface area contributed by atoms with Crippen LogP contribution < -0.4 is 0 Å². The molecule has 0 radical (unpaired) electrons. The van der Waals surface area contributed by atoms with Crippen LogP contribution in [-0.2, 0) is 16.4 Å². The van der Waals surface area contributed by atoms with Crippen molar-refractivity contribution in [2.24, 2.45) is 5.92 Å². The highest BCUT2D eigenvalue weighted by Crippen LogP contribution is 2.16. The van der Waals surface area contributed by atoms with E-state index in [0.29, 0.717) is 6.42 Å². The standard InChI is InChI=1S/C13H21NO3S/c1-10(2)13(15)9-11-5-7-12(8-6-11)18(16,17)14(3)4/h5-8,10,13,15H,9H2,1-4H3. The van der Waals surface area contributed by atoms with E-state index >= 15 is 0 Å². The summed E-state index contributed by atoms with van der Waals surface area (Å²) in [4.78, 5) is 0.273. The number of nitrogens with zero attached hydrogens (tertiary/aromatic N) is 1. The minimum atomic E-state index is -3.37. The molecule has 1 atom stereocenters. The van der Waals surface area contributed by atoms with Crippen molar-refractivity contribution in [2.75, 3.05) is 14.1 Å². The summed E-state index contributed by atoms with van der Waals surface area (Å²) in [6.45, 7) is 3.91. The van der Waals surface area contributed by atoms with Gasteiger partial charge >= 0.3 is 0 Å². The molecule has 1 rings (SSSR count). The summed E-state index contributed by atoms with van der Waals surface area (Å²) in [5.41, 5.74) is 0.939. The van der Waals surface area contributed by atoms with Crippen LogP contribution in [0.5, 0.6) is 0 Å². The molecule has 18 heavy (non-hydrogen) atoms. The van der Waals surface area contributed by atoms with Crippen LogP contribution in [-0.4, -0.2) is 38.0 Å². The van der Waals surface area contributed by atoms with E-state index in [1.165, 1.54) is 18.4 Å². The van der Waals surface area contributed by atoms with Crippen LogP contribution in [0.3, 0.4) is 0 Å². The van der Waals surface area contributed by atoms with Crippen LogP contribution in [0.15, 0.2) is 29.2 Å². The van der Waals surface area contributed by atoms with Gasteiger partial charge in [0.05, 0.1) is 11.0 Å². The van der Waals surface area contributed by atoms with Crippen LogP contribution in [0.1, 0.15) is 19.4 Å². The van der Waals surface area contributed by atoms with Gasteiger partial charge in [0, 0.05) is 14.1 Å². The first kappa shape index (κ1) is 15.1. The maximum absolute atomic E-state index is 11.9. The lowest BCUT2D eigenvalue weighted by atomic mass is 9.99. The van der Waals surface area contributed by atoms with E-state index in [0.717, 1.165) is 5.56 Å². The third-order valence-electron chi connectivity index (χ3n) is 2.92. The molecular formula is C13H21NO3S. The molecule has 0 fully saturated rings. The zero-order valence-corrected chi connectivity index (χ0v) is 12.1. The number of benzene rings is 1. The first-order valence-corrected chi connectivity index (χ1v) is 7.38. The largest absolute Gasteiger partial charge is 0.393 e. The molecule has 4 nitrogen and oxygen atoms in total. The molecule has 0 aromatic heterocycles. The van der Waals surface area contributed by atoms with Crippen LogP contribution in [0.4, 0.5) is 0 Å². The van der Waals surface area contributed by atoms with Gasteiger partial charge in [-0.1, -0.05) is 26.0 Å². The predicted octanol–water partition coefficient (Wildman–Crippen LogP) is 1.50. The number of sulfonamides is 1. The topological polar surface area (TPSA) is 57.6 Å². The second-order valence-electron chi connectivity index (χ2n) is 4.95. The molecule has 0 saturated heterocycles. The Bertz CT molecular complexity index is 477. The van der Waals surface area contributed by atoms with Gasteiger partial charge in [0.15, 0.2) is 0 Å². The third-order valence-corrected chi connectivity index (χ3v) is 4.75. The Balaban J connectivity index is 2.88. The smallest absolute Gasteiger partial charge is 0.242 e. The summed E-state index contributed by atoms with van der Waals surface area (Å²) in [5, 5.41) is 9.77. The summed E-state index contributed by atoms with van der Waals surface area (Å²) in [5.74, 6) is 0.190. The van der Waals surface area contributed by atoms with Gasteiger partial charge in [-0.25, -0.2) is 12.7 Å². The highest BCUT2D eigenvalue weighted by molar-refractivity contribution is 7.89. The highest BCUT2D eigenvalue weighted by atomic mass is 32.2. The van der Waals surface area contributed by atoms with Crippen molar-refractivity contribution >= 4 is 10.0 Å². The van der Waals surface area contributed by atoms with E-state index in [-0.39, 0.29) is 10.8 Å². The summed E-state index contributed by atoms with van der Waals surface area (Å²) in [6.07, 6.45) is 0.140. The summed E-state index contributed by atoms with van der Waals surface area (Å²) >= 11 is 0. The molecular weight excluding hydrogens is 250 g/mol. The van der Waals surface area contributed by atoms with Crippen LogP contribution in [0.2, 0.25) is 0 Å². The molecule has 1 aromatic carbocycles. The summed E-state index contributed by atoms with van der Waals surface area (Å²) in [7, 11) is -0.356. The van der Waals surface area contributed by atoms with Gasteiger partial charge in [-0.2, -0.15) is 0 Å². The van der Waals surface area contributed by atoms with Crippen molar-refractivity contribution < 1.29 is 13.5 Å². The van der Waals surface area contributed by atoms with E-state index in [1.54, 1.807) is 24.3 Å². The summed E-state index contributed by atoms with van der Waals surface area (Å²) < 4.78 is 24.9. The number of hydrogen-bond donors (Lipinski definition) is 1. The number of aliphatic hydroxyl groups excluding tert-OH is 1. The van der Waals surface area contributed by atoms with Crippen molar-refractivity contribution in [2.45, 2.75) is 31.3 Å². The van der Waals surface area contributed by atoms with Gasteiger partial charge < -0.3 is 5.11 Å². The lowest BCUT2D eigenvalue weighted by Gasteiger charge is -2.15. The number of aliphatic hydroxyl groups is 1. The second-order valence-corrected chi connectivity index (χ2v) is 7.10. The van der Waals surface area contributed by atoms with Crippen molar-refractivity contribution in [3.63, 3.8) is 0 Å². The Morgan fingerprint density at radius 2 is 1.67 bits per heavy atom. The second kappa shape index (κ2) is 5.82. The van der Waals surface area contributed by atoms with Gasteiger partial charge in [-0.3, -0.25) is 0 Å². The molecule has 0 heterocycles. The van der Waals surface area contributed by atoms with Crippen LogP contribution >= 0.6 is 0 Å². The lowest BCUT2D eigenvalue weighted by Crippen LogP contribution is -2.22. The minimum Gasteiger partial charge on any atom is -0.393 e. The Morgan fingerprint density at radius 1 is 1.17 bits per heavy atom. The van der Waals surface area contributed by atoms with E-state index in [2.05, 4.69) is 0 Å². The van der Waals surface area contributed by atoms with Gasteiger partial charge in [-0.15, -0.1) is 0 Å². The third kappa shape index (κ3) is 3.54. The van der Waals surface area contributed by atoms with E-state index in [4.69, 9.17) is 0 Å². The Labute approximate surface area is 109 Å². The van der Waals surface area contributed by atoms with Gasteiger partial charge in [0.25, 0.3) is 0 Å². The molecule has 102 valence electrons. The van der Waals surface area contributed by atoms with Crippen molar-refractivity contribution in [1.82, 2.24) is 4.31 Å². The zero-order chi connectivity index (χ0) is 13.9. The maximum atomic E-state index is 11.9. The molecule has 0 saturated carbocycles. The molecule has 0 aliphatic carbocycles. The Morgan fingerprint density at radius 3 is 2.06 bits per heavy atom. The Hall–Kier alpha value is -0.910. The molecule has 0 amide bonds. The lowest BCUT2D eigenvalue weighted by molar-refractivity contribution is 0.125. The average Bonchev–Trinajstić information content (AvgIpc) is 2.29. The molecule has 5 heteroatoms. The first-order valence-electron chi connectivity index (χ1n) is 5.94. The average molecular weight is 271 g/mol. The zero-order valence-electron chi connectivity index (χ0n) is 11.3. The maximum Gasteiger partial charge on any atom is 0.242 e. The first-order chi connectivity index (χ1) is 8.25. The fraction of sp³-hybridized carbons (Fsp3) is 0.538. The van der Waals surface area contributed by atoms with Crippen molar-refractivity contribution in [1.29, 1.82) is 0 Å². The van der Waals surface area contributed by atoms with E-state index < -0.39 is 16.1 Å². The SMILES string of the molecule is CC(C)C(O)Cc1ccc(S(=O)(=O)N(C)C)cc1. The molecule has 0 aliphatic heterocycles. The fourth-order valence-corrected chi connectivity index (χ4v) is 2.39. The molecule has 1 aromatic rings. The minimum absolute atomic E-state index is 0.190. The van der Waals surface area contributed by atoms with E-state index in [9.17, 15) is 13.5 Å². The predicted molar refractivity (Wildman–Crippen MR) is 71.9 cm³/mol. The molecule has 1 unspecified atom stereocenters. The van der Waals surface area contributed by atoms with Crippen LogP contribution in [0, 0.1) is 5.92 Å². The molecule has 1 N–H and O–H groups in total. The monoisotopic (exact) mass is 271 g/mol. The van der Waals surface area contributed by atoms with Gasteiger partial charge in [0.2, 0.25) is 10.0 Å².